The van der Waals surface area contributed by atoms with Crippen molar-refractivity contribution < 1.29 is 22.6 Å². The molecule has 0 saturated carbocycles. The van der Waals surface area contributed by atoms with E-state index < -0.39 is 13.5 Å². The third-order valence-corrected chi connectivity index (χ3v) is 2.57. The number of alkyl halides is 3. The van der Waals surface area contributed by atoms with Crippen LogP contribution in [0.5, 0.6) is 11.5 Å². The molecular formula is C8H5Br2F3O2. The normalized spacial score (nSPS) is 10.5. The van der Waals surface area contributed by atoms with Gasteiger partial charge >= 0.3 is 6.61 Å². The average Bonchev–Trinajstić information content (AvgIpc) is 2.10. The van der Waals surface area contributed by atoms with Crippen LogP contribution in [0, 0.1) is 0 Å². The van der Waals surface area contributed by atoms with E-state index in [-0.39, 0.29) is 11.5 Å². The molecule has 1 aromatic carbocycles. The summed E-state index contributed by atoms with van der Waals surface area (Å²) in [5.41, 5.74) is 0. The van der Waals surface area contributed by atoms with Crippen LogP contribution in [0.15, 0.2) is 21.1 Å². The first kappa shape index (κ1) is 12.6. The fourth-order valence-electron chi connectivity index (χ4n) is 0.900. The van der Waals surface area contributed by atoms with Gasteiger partial charge in [0.05, 0.1) is 8.95 Å². The predicted molar refractivity (Wildman–Crippen MR) is 55.1 cm³/mol. The van der Waals surface area contributed by atoms with Gasteiger partial charge in [-0.2, -0.15) is 8.78 Å². The summed E-state index contributed by atoms with van der Waals surface area (Å²) in [5, 5.41) is 0. The molecule has 1 aromatic rings. The van der Waals surface area contributed by atoms with E-state index in [1.165, 1.54) is 12.1 Å². The highest BCUT2D eigenvalue weighted by Crippen LogP contribution is 2.37. The van der Waals surface area contributed by atoms with Gasteiger partial charge in [0, 0.05) is 0 Å². The van der Waals surface area contributed by atoms with Crippen molar-refractivity contribution in [3.8, 4) is 11.5 Å². The van der Waals surface area contributed by atoms with Crippen LogP contribution in [0.3, 0.4) is 0 Å². The lowest BCUT2D eigenvalue weighted by Crippen LogP contribution is -2.02. The van der Waals surface area contributed by atoms with Gasteiger partial charge in [-0.3, -0.25) is 0 Å². The number of hydrogen-bond donors (Lipinski definition) is 0. The number of rotatable bonds is 4. The topological polar surface area (TPSA) is 18.5 Å². The summed E-state index contributed by atoms with van der Waals surface area (Å²) in [5.74, 6) is 0.147. The Morgan fingerprint density at radius 1 is 1.20 bits per heavy atom. The maximum Gasteiger partial charge on any atom is 0.387 e. The molecule has 0 aliphatic rings. The van der Waals surface area contributed by atoms with Crippen molar-refractivity contribution in [1.29, 1.82) is 0 Å². The maximum absolute atomic E-state index is 11.9. The molecule has 0 radical (unpaired) electrons. The van der Waals surface area contributed by atoms with Crippen LogP contribution in [0.25, 0.3) is 0 Å². The molecule has 0 N–H and O–H groups in total. The Morgan fingerprint density at radius 2 is 1.73 bits per heavy atom. The van der Waals surface area contributed by atoms with Crippen molar-refractivity contribution in [1.82, 2.24) is 0 Å². The van der Waals surface area contributed by atoms with E-state index in [1.807, 2.05) is 0 Å². The molecule has 0 heterocycles. The molecular weight excluding hydrogens is 345 g/mol. The average molecular weight is 350 g/mol. The van der Waals surface area contributed by atoms with Crippen LogP contribution in [0.4, 0.5) is 13.2 Å². The molecule has 0 amide bonds. The SMILES string of the molecule is FCOc1c(Br)cc(OC(F)F)cc1Br. The van der Waals surface area contributed by atoms with E-state index in [4.69, 9.17) is 0 Å². The van der Waals surface area contributed by atoms with Crippen molar-refractivity contribution >= 4 is 31.9 Å². The third-order valence-electron chi connectivity index (χ3n) is 1.40. The highest BCUT2D eigenvalue weighted by molar-refractivity contribution is 9.11. The summed E-state index contributed by atoms with van der Waals surface area (Å²) in [6.07, 6.45) is 0. The molecule has 0 atom stereocenters. The molecule has 0 aliphatic carbocycles. The molecule has 0 bridgehead atoms. The zero-order valence-corrected chi connectivity index (χ0v) is 10.3. The molecule has 0 unspecified atom stereocenters. The first-order valence-corrected chi connectivity index (χ1v) is 5.25. The highest BCUT2D eigenvalue weighted by Gasteiger charge is 2.12. The largest absolute Gasteiger partial charge is 0.461 e. The first-order chi connectivity index (χ1) is 7.04. The van der Waals surface area contributed by atoms with Gasteiger partial charge in [-0.25, -0.2) is 4.39 Å². The minimum absolute atomic E-state index is 0.0463. The molecule has 2 nitrogen and oxygen atoms in total. The molecule has 1 rings (SSSR count). The summed E-state index contributed by atoms with van der Waals surface area (Å²) >= 11 is 6.08. The molecule has 0 aliphatic heterocycles. The summed E-state index contributed by atoms with van der Waals surface area (Å²) < 4.78 is 45.1. The van der Waals surface area contributed by atoms with Crippen molar-refractivity contribution in [2.45, 2.75) is 6.61 Å². The lowest BCUT2D eigenvalue weighted by Gasteiger charge is -2.10. The van der Waals surface area contributed by atoms with Crippen LogP contribution >= 0.6 is 31.9 Å². The fourth-order valence-corrected chi connectivity index (χ4v) is 2.27. The summed E-state index contributed by atoms with van der Waals surface area (Å²) in [6, 6.07) is 2.53. The minimum atomic E-state index is -2.91. The van der Waals surface area contributed by atoms with Gasteiger partial charge in [-0.15, -0.1) is 0 Å². The van der Waals surface area contributed by atoms with Gasteiger partial charge in [-0.05, 0) is 44.0 Å². The van der Waals surface area contributed by atoms with E-state index in [1.54, 1.807) is 0 Å². The number of ether oxygens (including phenoxy) is 2. The predicted octanol–water partition coefficient (Wildman–Crippen LogP) is 4.12. The van der Waals surface area contributed by atoms with Gasteiger partial charge < -0.3 is 9.47 Å². The fraction of sp³-hybridized carbons (Fsp3) is 0.250. The molecule has 15 heavy (non-hydrogen) atoms. The van der Waals surface area contributed by atoms with E-state index in [9.17, 15) is 13.2 Å². The molecule has 7 heteroatoms. The van der Waals surface area contributed by atoms with Crippen LogP contribution in [-0.4, -0.2) is 13.5 Å². The van der Waals surface area contributed by atoms with Gasteiger partial charge in [0.25, 0.3) is 0 Å². The smallest absolute Gasteiger partial charge is 0.387 e. The van der Waals surface area contributed by atoms with Crippen molar-refractivity contribution in [3.63, 3.8) is 0 Å². The second-order valence-electron chi connectivity index (χ2n) is 2.35. The molecule has 0 saturated heterocycles. The second-order valence-corrected chi connectivity index (χ2v) is 4.06. The van der Waals surface area contributed by atoms with Gasteiger partial charge in [0.2, 0.25) is 6.86 Å². The standard InChI is InChI=1S/C8H5Br2F3O2/c9-5-1-4(15-8(12)13)2-6(10)7(5)14-3-11/h1-2,8H,3H2. The number of benzene rings is 1. The second kappa shape index (κ2) is 5.60. The Kier molecular flexibility index (Phi) is 4.72. The Morgan fingerprint density at radius 3 is 2.13 bits per heavy atom. The quantitative estimate of drug-likeness (QED) is 0.814. The maximum atomic E-state index is 11.9. The lowest BCUT2D eigenvalue weighted by molar-refractivity contribution is -0.0499. The van der Waals surface area contributed by atoms with Crippen LogP contribution in [0.1, 0.15) is 0 Å². The van der Waals surface area contributed by atoms with E-state index in [2.05, 4.69) is 41.3 Å². The van der Waals surface area contributed by atoms with Crippen molar-refractivity contribution in [3.05, 3.63) is 21.1 Å². The van der Waals surface area contributed by atoms with E-state index >= 15 is 0 Å². The van der Waals surface area contributed by atoms with Crippen LogP contribution in [-0.2, 0) is 0 Å². The van der Waals surface area contributed by atoms with Crippen molar-refractivity contribution in [2.75, 3.05) is 6.86 Å². The number of hydrogen-bond acceptors (Lipinski definition) is 2. The van der Waals surface area contributed by atoms with Gasteiger partial charge in [0.1, 0.15) is 5.75 Å². The zero-order valence-electron chi connectivity index (χ0n) is 7.15. The Bertz CT molecular complexity index is 324. The minimum Gasteiger partial charge on any atom is -0.461 e. The van der Waals surface area contributed by atoms with E-state index in [0.29, 0.717) is 8.95 Å². The monoisotopic (exact) mass is 348 g/mol. The molecule has 0 fully saturated rings. The summed E-state index contributed by atoms with van der Waals surface area (Å²) in [7, 11) is 0. The van der Waals surface area contributed by atoms with Crippen LogP contribution in [0.2, 0.25) is 0 Å². The molecule has 0 aromatic heterocycles. The van der Waals surface area contributed by atoms with Gasteiger partial charge in [0.15, 0.2) is 5.75 Å². The Labute approximate surface area is 101 Å². The molecule has 84 valence electrons. The third kappa shape index (κ3) is 3.57. The van der Waals surface area contributed by atoms with Crippen molar-refractivity contribution in [2.24, 2.45) is 0 Å². The summed E-state index contributed by atoms with van der Waals surface area (Å²) in [4.78, 5) is 0. The first-order valence-electron chi connectivity index (χ1n) is 3.67. The highest BCUT2D eigenvalue weighted by atomic mass is 79.9. The Hall–Kier alpha value is -0.430. The van der Waals surface area contributed by atoms with Gasteiger partial charge in [-0.1, -0.05) is 0 Å². The molecule has 0 spiro atoms. The summed E-state index contributed by atoms with van der Waals surface area (Å²) in [6.45, 7) is -3.91. The number of halogens is 5. The lowest BCUT2D eigenvalue weighted by atomic mass is 10.3. The van der Waals surface area contributed by atoms with E-state index in [0.717, 1.165) is 0 Å². The Balaban J connectivity index is 2.97. The van der Waals surface area contributed by atoms with Crippen LogP contribution < -0.4 is 9.47 Å². The zero-order chi connectivity index (χ0) is 11.4.